The van der Waals surface area contributed by atoms with Crippen LogP contribution in [0.5, 0.6) is 5.75 Å². The lowest BCUT2D eigenvalue weighted by atomic mass is 9.81. The maximum atomic E-state index is 11.6. The number of aliphatic hydroxyl groups is 1. The third-order valence-corrected chi connectivity index (χ3v) is 3.87. The van der Waals surface area contributed by atoms with Crippen LogP contribution in [0.3, 0.4) is 0 Å². The number of rotatable bonds is 5. The molecule has 1 aliphatic rings. The predicted octanol–water partition coefficient (Wildman–Crippen LogP) is 2.00. The van der Waals surface area contributed by atoms with Gasteiger partial charge in [0.1, 0.15) is 11.9 Å². The molecule has 1 heterocycles. The van der Waals surface area contributed by atoms with E-state index in [1.165, 1.54) is 0 Å². The van der Waals surface area contributed by atoms with Crippen molar-refractivity contribution >= 4 is 5.97 Å². The monoisotopic (exact) mass is 280 g/mol. The molecule has 0 spiro atoms. The van der Waals surface area contributed by atoms with E-state index in [2.05, 4.69) is 0 Å². The molecule has 2 rings (SSSR count). The summed E-state index contributed by atoms with van der Waals surface area (Å²) in [6, 6.07) is 6.79. The molecule has 20 heavy (non-hydrogen) atoms. The molecular weight excluding hydrogens is 260 g/mol. The van der Waals surface area contributed by atoms with Crippen LogP contribution < -0.4 is 4.74 Å². The Morgan fingerprint density at radius 1 is 1.50 bits per heavy atom. The van der Waals surface area contributed by atoms with Gasteiger partial charge in [-0.2, -0.15) is 0 Å². The maximum absolute atomic E-state index is 11.6. The van der Waals surface area contributed by atoms with E-state index in [4.69, 9.17) is 9.47 Å². The summed E-state index contributed by atoms with van der Waals surface area (Å²) in [6.07, 6.45) is -0.575. The maximum Gasteiger partial charge on any atom is 0.339 e. The summed E-state index contributed by atoms with van der Waals surface area (Å²) in [5.74, 6) is -0.682. The molecule has 0 amide bonds. The summed E-state index contributed by atoms with van der Waals surface area (Å²) >= 11 is 0. The first-order chi connectivity index (χ1) is 9.52. The second-order valence-electron chi connectivity index (χ2n) is 5.04. The van der Waals surface area contributed by atoms with Crippen LogP contribution >= 0.6 is 0 Å². The van der Waals surface area contributed by atoms with Gasteiger partial charge in [-0.3, -0.25) is 0 Å². The Balaban J connectivity index is 2.28. The summed E-state index contributed by atoms with van der Waals surface area (Å²) in [5, 5.41) is 20.0. The minimum Gasteiger partial charge on any atom is -0.494 e. The second-order valence-corrected chi connectivity index (χ2v) is 5.04. The topological polar surface area (TPSA) is 76.0 Å². The van der Waals surface area contributed by atoms with Crippen molar-refractivity contribution in [3.63, 3.8) is 0 Å². The molecule has 1 saturated heterocycles. The lowest BCUT2D eigenvalue weighted by Crippen LogP contribution is -2.48. The van der Waals surface area contributed by atoms with Crippen molar-refractivity contribution in [3.8, 4) is 5.75 Å². The minimum atomic E-state index is -1.56. The van der Waals surface area contributed by atoms with Crippen molar-refractivity contribution in [2.45, 2.75) is 32.0 Å². The molecule has 0 aliphatic carbocycles. The van der Waals surface area contributed by atoms with Gasteiger partial charge in [-0.15, -0.1) is 0 Å². The van der Waals surface area contributed by atoms with Crippen LogP contribution in [0, 0.1) is 5.92 Å². The molecule has 1 aromatic carbocycles. The highest BCUT2D eigenvalue weighted by Gasteiger charge is 2.54. The third-order valence-electron chi connectivity index (χ3n) is 3.87. The van der Waals surface area contributed by atoms with Gasteiger partial charge < -0.3 is 19.7 Å². The number of carboxylic acids is 1. The fourth-order valence-corrected chi connectivity index (χ4v) is 2.66. The Kier molecular flexibility index (Phi) is 4.30. The molecule has 1 aromatic rings. The number of hydrogen-bond acceptors (Lipinski definition) is 4. The van der Waals surface area contributed by atoms with Crippen LogP contribution in [-0.4, -0.2) is 35.0 Å². The van der Waals surface area contributed by atoms with E-state index in [1.807, 2.05) is 6.92 Å². The molecule has 0 radical (unpaired) electrons. The van der Waals surface area contributed by atoms with Crippen molar-refractivity contribution in [3.05, 3.63) is 29.8 Å². The standard InChI is InChI=1S/C15H20O5/c1-3-19-12-6-4-11(5-7-12)13(16)15(14(17)18)10(2)8-9-20-15/h4-7,10,13,16H,3,8-9H2,1-2H3,(H,17,18). The molecule has 3 atom stereocenters. The zero-order valence-corrected chi connectivity index (χ0v) is 11.7. The molecule has 0 bridgehead atoms. The Hall–Kier alpha value is -1.59. The normalized spacial score (nSPS) is 27.2. The van der Waals surface area contributed by atoms with Crippen molar-refractivity contribution in [2.75, 3.05) is 13.2 Å². The van der Waals surface area contributed by atoms with E-state index in [0.29, 0.717) is 30.9 Å². The van der Waals surface area contributed by atoms with Crippen LogP contribution in [0.25, 0.3) is 0 Å². The Labute approximate surface area is 118 Å². The number of benzene rings is 1. The zero-order valence-electron chi connectivity index (χ0n) is 11.7. The van der Waals surface area contributed by atoms with Gasteiger partial charge in [0.05, 0.1) is 6.61 Å². The van der Waals surface area contributed by atoms with Gasteiger partial charge in [-0.1, -0.05) is 19.1 Å². The first-order valence-corrected chi connectivity index (χ1v) is 6.80. The first kappa shape index (κ1) is 14.8. The van der Waals surface area contributed by atoms with E-state index in [9.17, 15) is 15.0 Å². The Bertz CT molecular complexity index is 470. The minimum absolute atomic E-state index is 0.249. The molecule has 0 aromatic heterocycles. The van der Waals surface area contributed by atoms with Gasteiger partial charge >= 0.3 is 5.97 Å². The number of aliphatic hydroxyl groups excluding tert-OH is 1. The van der Waals surface area contributed by atoms with Gasteiger partial charge in [0.2, 0.25) is 0 Å². The van der Waals surface area contributed by atoms with Crippen molar-refractivity contribution in [2.24, 2.45) is 5.92 Å². The largest absolute Gasteiger partial charge is 0.494 e. The van der Waals surface area contributed by atoms with Gasteiger partial charge in [0.15, 0.2) is 5.60 Å². The number of aliphatic carboxylic acids is 1. The third kappa shape index (κ3) is 2.39. The SMILES string of the molecule is CCOc1ccc(C(O)C2(C(=O)O)OCCC2C)cc1. The zero-order chi connectivity index (χ0) is 14.8. The molecule has 5 heteroatoms. The van der Waals surface area contributed by atoms with Crippen LogP contribution in [0.1, 0.15) is 31.9 Å². The van der Waals surface area contributed by atoms with E-state index >= 15 is 0 Å². The van der Waals surface area contributed by atoms with Crippen LogP contribution in [0.2, 0.25) is 0 Å². The van der Waals surface area contributed by atoms with Gasteiger partial charge in [-0.25, -0.2) is 4.79 Å². The number of carboxylic acid groups (broad SMARTS) is 1. The predicted molar refractivity (Wildman–Crippen MR) is 72.7 cm³/mol. The number of carbonyl (C=O) groups is 1. The average Bonchev–Trinajstić information content (AvgIpc) is 2.82. The molecule has 1 fully saturated rings. The quantitative estimate of drug-likeness (QED) is 0.862. The molecule has 5 nitrogen and oxygen atoms in total. The molecule has 110 valence electrons. The molecule has 2 N–H and O–H groups in total. The number of ether oxygens (including phenoxy) is 2. The highest BCUT2D eigenvalue weighted by Crippen LogP contribution is 2.42. The molecule has 3 unspecified atom stereocenters. The lowest BCUT2D eigenvalue weighted by molar-refractivity contribution is -0.180. The molecule has 1 aliphatic heterocycles. The van der Waals surface area contributed by atoms with E-state index in [0.717, 1.165) is 0 Å². The van der Waals surface area contributed by atoms with Crippen LogP contribution in [0.4, 0.5) is 0 Å². The van der Waals surface area contributed by atoms with Crippen LogP contribution in [-0.2, 0) is 9.53 Å². The van der Waals surface area contributed by atoms with E-state index in [-0.39, 0.29) is 5.92 Å². The summed E-state index contributed by atoms with van der Waals surface area (Å²) < 4.78 is 10.8. The smallest absolute Gasteiger partial charge is 0.339 e. The Morgan fingerprint density at radius 2 is 2.15 bits per heavy atom. The Morgan fingerprint density at radius 3 is 2.60 bits per heavy atom. The van der Waals surface area contributed by atoms with Crippen molar-refractivity contribution in [1.29, 1.82) is 0 Å². The summed E-state index contributed by atoms with van der Waals surface area (Å²) in [4.78, 5) is 11.6. The molecular formula is C15H20O5. The van der Waals surface area contributed by atoms with Gasteiger partial charge in [-0.05, 0) is 31.0 Å². The second kappa shape index (κ2) is 5.81. The number of hydrogen-bond donors (Lipinski definition) is 2. The first-order valence-electron chi connectivity index (χ1n) is 6.80. The molecule has 0 saturated carbocycles. The van der Waals surface area contributed by atoms with E-state index in [1.54, 1.807) is 31.2 Å². The lowest BCUT2D eigenvalue weighted by Gasteiger charge is -2.33. The highest BCUT2D eigenvalue weighted by atomic mass is 16.5. The summed E-state index contributed by atoms with van der Waals surface area (Å²) in [7, 11) is 0. The van der Waals surface area contributed by atoms with Gasteiger partial charge in [0.25, 0.3) is 0 Å². The summed E-state index contributed by atoms with van der Waals surface area (Å²) in [6.45, 7) is 4.58. The van der Waals surface area contributed by atoms with Crippen LogP contribution in [0.15, 0.2) is 24.3 Å². The fraction of sp³-hybridized carbons (Fsp3) is 0.533. The average molecular weight is 280 g/mol. The van der Waals surface area contributed by atoms with Crippen molar-refractivity contribution in [1.82, 2.24) is 0 Å². The summed E-state index contributed by atoms with van der Waals surface area (Å²) in [5.41, 5.74) is -1.04. The van der Waals surface area contributed by atoms with Crippen molar-refractivity contribution < 1.29 is 24.5 Å². The van der Waals surface area contributed by atoms with Gasteiger partial charge in [0, 0.05) is 12.5 Å². The highest BCUT2D eigenvalue weighted by molar-refractivity contribution is 5.79. The fourth-order valence-electron chi connectivity index (χ4n) is 2.66. The van der Waals surface area contributed by atoms with E-state index < -0.39 is 17.7 Å².